The molecule has 192 valence electrons. The average molecular weight is 581 g/mol. The van der Waals surface area contributed by atoms with E-state index in [-0.39, 0.29) is 11.9 Å². The van der Waals surface area contributed by atoms with Crippen LogP contribution < -0.4 is 4.74 Å². The van der Waals surface area contributed by atoms with Crippen LogP contribution in [0.25, 0.3) is 23.0 Å². The fourth-order valence-corrected chi connectivity index (χ4v) is 5.98. The highest BCUT2D eigenvalue weighted by molar-refractivity contribution is 8.26. The van der Waals surface area contributed by atoms with E-state index in [0.717, 1.165) is 28.1 Å². The molecule has 3 aromatic carbocycles. The zero-order chi connectivity index (χ0) is 26.8. The first kappa shape index (κ1) is 26.5. The molecule has 0 saturated carbocycles. The number of thiocarbonyl (C=S) groups is 1. The fraction of sp³-hybridized carbons (Fsp3) is 0.138. The summed E-state index contributed by atoms with van der Waals surface area (Å²) in [6.45, 7) is 4.23. The number of para-hydroxylation sites is 1. The van der Waals surface area contributed by atoms with Gasteiger partial charge in [-0.3, -0.25) is 9.69 Å². The largest absolute Gasteiger partial charge is 0.489 e. The molecule has 0 atom stereocenters. The average Bonchev–Trinajstić information content (AvgIpc) is 3.44. The maximum atomic E-state index is 13.1. The summed E-state index contributed by atoms with van der Waals surface area (Å²) in [5.74, 6) is 0.611. The van der Waals surface area contributed by atoms with Gasteiger partial charge >= 0.3 is 0 Å². The molecular weight excluding hydrogens is 557 g/mol. The maximum Gasteiger partial charge on any atom is 0.266 e. The number of carbonyl (C=O) groups is 1. The van der Waals surface area contributed by atoms with Crippen LogP contribution in [0.1, 0.15) is 25.0 Å². The van der Waals surface area contributed by atoms with Crippen LogP contribution in [0, 0.1) is 0 Å². The Kier molecular flexibility index (Phi) is 7.91. The van der Waals surface area contributed by atoms with E-state index in [0.29, 0.717) is 31.6 Å². The fourth-order valence-electron chi connectivity index (χ4n) is 4.01. The molecule has 0 bridgehead atoms. The van der Waals surface area contributed by atoms with E-state index in [2.05, 4.69) is 0 Å². The standard InChI is InChI=1S/C29H23Cl2N3O2S2/c1-18(2)34-28(35)26(38-29(34)37)14-21-16-33(23-6-4-3-5-7-23)32-27(21)19-9-12-24(13-10-19)36-17-20-8-11-22(30)15-25(20)31/h3-16,18H,17H2,1-2H3/b26-14-. The second-order valence-corrected chi connectivity index (χ2v) is 11.4. The van der Waals surface area contributed by atoms with Crippen LogP contribution in [0.3, 0.4) is 0 Å². The highest BCUT2D eigenvalue weighted by Gasteiger charge is 2.34. The molecule has 38 heavy (non-hydrogen) atoms. The predicted octanol–water partition coefficient (Wildman–Crippen LogP) is 8.03. The van der Waals surface area contributed by atoms with Crippen LogP contribution in [-0.2, 0) is 11.4 Å². The van der Waals surface area contributed by atoms with Crippen molar-refractivity contribution >= 4 is 63.5 Å². The predicted molar refractivity (Wildman–Crippen MR) is 160 cm³/mol. The molecule has 4 aromatic rings. The normalized spacial score (nSPS) is 14.7. The molecule has 2 heterocycles. The third kappa shape index (κ3) is 5.66. The Morgan fingerprint density at radius 3 is 2.45 bits per heavy atom. The molecule has 0 N–H and O–H groups in total. The molecule has 0 spiro atoms. The first-order chi connectivity index (χ1) is 18.3. The molecule has 1 aliphatic heterocycles. The number of benzene rings is 3. The second kappa shape index (κ2) is 11.3. The van der Waals surface area contributed by atoms with Gasteiger partial charge in [0.1, 0.15) is 16.7 Å². The Balaban J connectivity index is 1.45. The summed E-state index contributed by atoms with van der Waals surface area (Å²) in [7, 11) is 0. The molecule has 1 amide bonds. The van der Waals surface area contributed by atoms with Crippen LogP contribution in [0.2, 0.25) is 10.0 Å². The quantitative estimate of drug-likeness (QED) is 0.164. The Bertz CT molecular complexity index is 1530. The summed E-state index contributed by atoms with van der Waals surface area (Å²) in [6.07, 6.45) is 3.80. The molecule has 1 aromatic heterocycles. The molecule has 1 saturated heterocycles. The molecule has 5 rings (SSSR count). The van der Waals surface area contributed by atoms with Gasteiger partial charge in [0, 0.05) is 39.0 Å². The number of halogens is 2. The summed E-state index contributed by atoms with van der Waals surface area (Å²) in [5.41, 5.74) is 4.23. The maximum absolute atomic E-state index is 13.1. The van der Waals surface area contributed by atoms with Crippen molar-refractivity contribution in [3.8, 4) is 22.7 Å². The van der Waals surface area contributed by atoms with E-state index in [4.69, 9.17) is 45.3 Å². The summed E-state index contributed by atoms with van der Waals surface area (Å²) >= 11 is 19.0. The van der Waals surface area contributed by atoms with Gasteiger partial charge in [0.05, 0.1) is 16.3 Å². The van der Waals surface area contributed by atoms with Crippen LogP contribution in [-0.4, -0.2) is 30.9 Å². The monoisotopic (exact) mass is 579 g/mol. The molecule has 9 heteroatoms. The lowest BCUT2D eigenvalue weighted by Crippen LogP contribution is -2.34. The van der Waals surface area contributed by atoms with Gasteiger partial charge in [-0.1, -0.05) is 71.4 Å². The lowest BCUT2D eigenvalue weighted by Gasteiger charge is -2.18. The number of ether oxygens (including phenoxy) is 1. The number of aromatic nitrogens is 2. The zero-order valence-electron chi connectivity index (χ0n) is 20.6. The van der Waals surface area contributed by atoms with Gasteiger partial charge in [0.15, 0.2) is 0 Å². The molecule has 1 fully saturated rings. The van der Waals surface area contributed by atoms with Crippen LogP contribution in [0.5, 0.6) is 5.75 Å². The van der Waals surface area contributed by atoms with Crippen molar-refractivity contribution in [2.24, 2.45) is 0 Å². The van der Waals surface area contributed by atoms with Crippen molar-refractivity contribution in [1.82, 2.24) is 14.7 Å². The third-order valence-electron chi connectivity index (χ3n) is 5.93. The number of rotatable bonds is 7. The van der Waals surface area contributed by atoms with Gasteiger partial charge in [0.2, 0.25) is 0 Å². The first-order valence-corrected chi connectivity index (χ1v) is 13.9. The van der Waals surface area contributed by atoms with E-state index in [1.807, 2.05) is 91.5 Å². The summed E-state index contributed by atoms with van der Waals surface area (Å²) in [6, 6.07) is 22.9. The Hall–Kier alpha value is -3.10. The van der Waals surface area contributed by atoms with Gasteiger partial charge in [-0.15, -0.1) is 0 Å². The van der Waals surface area contributed by atoms with Gasteiger partial charge in [-0.25, -0.2) is 4.68 Å². The Morgan fingerprint density at radius 1 is 1.05 bits per heavy atom. The van der Waals surface area contributed by atoms with Crippen molar-refractivity contribution in [2.45, 2.75) is 26.5 Å². The van der Waals surface area contributed by atoms with Gasteiger partial charge < -0.3 is 4.74 Å². The molecular formula is C29H23Cl2N3O2S2. The van der Waals surface area contributed by atoms with Crippen molar-refractivity contribution in [1.29, 1.82) is 0 Å². The van der Waals surface area contributed by atoms with E-state index in [1.54, 1.807) is 17.0 Å². The first-order valence-electron chi connectivity index (χ1n) is 11.9. The van der Waals surface area contributed by atoms with Crippen LogP contribution in [0.4, 0.5) is 0 Å². The zero-order valence-corrected chi connectivity index (χ0v) is 23.7. The third-order valence-corrected chi connectivity index (χ3v) is 7.84. The lowest BCUT2D eigenvalue weighted by molar-refractivity contribution is -0.123. The molecule has 0 aliphatic carbocycles. The van der Waals surface area contributed by atoms with E-state index >= 15 is 0 Å². The van der Waals surface area contributed by atoms with Gasteiger partial charge in [0.25, 0.3) is 5.91 Å². The summed E-state index contributed by atoms with van der Waals surface area (Å²) < 4.78 is 8.33. The number of hydrogen-bond donors (Lipinski definition) is 0. The number of carbonyl (C=O) groups excluding carboxylic acids is 1. The highest BCUT2D eigenvalue weighted by Crippen LogP contribution is 2.36. The van der Waals surface area contributed by atoms with E-state index < -0.39 is 0 Å². The molecule has 1 aliphatic rings. The molecule has 0 unspecified atom stereocenters. The Labute approximate surface area is 241 Å². The Morgan fingerprint density at radius 2 is 1.79 bits per heavy atom. The van der Waals surface area contributed by atoms with E-state index in [9.17, 15) is 4.79 Å². The van der Waals surface area contributed by atoms with Crippen molar-refractivity contribution in [3.05, 3.63) is 105 Å². The molecule has 0 radical (unpaired) electrons. The SMILES string of the molecule is CC(C)N1C(=O)/C(=C/c2cn(-c3ccccc3)nc2-c2ccc(OCc3ccc(Cl)cc3Cl)cc2)SC1=S. The highest BCUT2D eigenvalue weighted by atomic mass is 35.5. The topological polar surface area (TPSA) is 47.4 Å². The van der Waals surface area contributed by atoms with Crippen molar-refractivity contribution in [3.63, 3.8) is 0 Å². The second-order valence-electron chi connectivity index (χ2n) is 8.91. The number of nitrogens with zero attached hydrogens (tertiary/aromatic N) is 3. The number of amides is 1. The lowest BCUT2D eigenvalue weighted by atomic mass is 10.1. The van der Waals surface area contributed by atoms with Crippen LogP contribution >= 0.6 is 47.2 Å². The van der Waals surface area contributed by atoms with Gasteiger partial charge in [-0.2, -0.15) is 5.10 Å². The van der Waals surface area contributed by atoms with Gasteiger partial charge in [-0.05, 0) is 68.5 Å². The number of hydrogen-bond acceptors (Lipinski definition) is 5. The van der Waals surface area contributed by atoms with Crippen LogP contribution in [0.15, 0.2) is 83.9 Å². The molecule has 5 nitrogen and oxygen atoms in total. The van der Waals surface area contributed by atoms with E-state index in [1.165, 1.54) is 11.8 Å². The summed E-state index contributed by atoms with van der Waals surface area (Å²) in [5, 5.41) is 6.01. The minimum absolute atomic E-state index is 0.00443. The minimum atomic E-state index is -0.0852. The summed E-state index contributed by atoms with van der Waals surface area (Å²) in [4.78, 5) is 15.3. The van der Waals surface area contributed by atoms with Crippen molar-refractivity contribution in [2.75, 3.05) is 0 Å². The number of thioether (sulfide) groups is 1. The smallest absolute Gasteiger partial charge is 0.266 e. The van der Waals surface area contributed by atoms with Crippen molar-refractivity contribution < 1.29 is 9.53 Å². The minimum Gasteiger partial charge on any atom is -0.489 e.